The minimum absolute atomic E-state index is 0.193. The number of carbonyl (C=O) groups is 1. The molecule has 3 rings (SSSR count). The van der Waals surface area contributed by atoms with Crippen molar-refractivity contribution in [1.82, 2.24) is 0 Å². The standard InChI is InChI=1S/C32H37F5O4.C2H6/c1-40-25-15-12-22(13-16-25)27-18-14-24-21-26(41-2)17-19-28(24)29(27)11-7-5-3-4-6-9-23(30(38)39)10-8-20-31(33,34)32(35,36)37;1-2/h12-19,21,23H,3-11,20H2,1-2H3,(H,38,39);1-2H3. The Labute approximate surface area is 251 Å². The van der Waals surface area contributed by atoms with Crippen LogP contribution in [0.4, 0.5) is 22.0 Å². The van der Waals surface area contributed by atoms with E-state index in [0.717, 1.165) is 65.5 Å². The molecule has 0 amide bonds. The minimum atomic E-state index is -5.61. The molecular weight excluding hydrogens is 567 g/mol. The molecule has 1 atom stereocenters. The second-order valence-electron chi connectivity index (χ2n) is 10.3. The fourth-order valence-electron chi connectivity index (χ4n) is 5.14. The Morgan fingerprint density at radius 3 is 1.95 bits per heavy atom. The van der Waals surface area contributed by atoms with Crippen molar-refractivity contribution in [2.45, 2.75) is 90.2 Å². The van der Waals surface area contributed by atoms with E-state index in [-0.39, 0.29) is 12.8 Å². The number of benzene rings is 3. The van der Waals surface area contributed by atoms with E-state index in [2.05, 4.69) is 18.2 Å². The maximum Gasteiger partial charge on any atom is 0.453 e. The summed E-state index contributed by atoms with van der Waals surface area (Å²) in [5, 5.41) is 11.6. The topological polar surface area (TPSA) is 55.8 Å². The first-order valence-corrected chi connectivity index (χ1v) is 14.9. The van der Waals surface area contributed by atoms with Crippen LogP contribution in [0.2, 0.25) is 0 Å². The van der Waals surface area contributed by atoms with Gasteiger partial charge in [0.25, 0.3) is 0 Å². The van der Waals surface area contributed by atoms with Crippen molar-refractivity contribution >= 4 is 16.7 Å². The van der Waals surface area contributed by atoms with Crippen LogP contribution in [-0.2, 0) is 11.2 Å². The number of alkyl halides is 5. The number of unbranched alkanes of at least 4 members (excludes halogenated alkanes) is 4. The molecule has 0 spiro atoms. The summed E-state index contributed by atoms with van der Waals surface area (Å²) in [6.07, 6.45) is -2.52. The average molecular weight is 611 g/mol. The van der Waals surface area contributed by atoms with Gasteiger partial charge in [-0.25, -0.2) is 0 Å². The van der Waals surface area contributed by atoms with Crippen molar-refractivity contribution in [2.24, 2.45) is 5.92 Å². The summed E-state index contributed by atoms with van der Waals surface area (Å²) >= 11 is 0. The van der Waals surface area contributed by atoms with Gasteiger partial charge in [0.2, 0.25) is 0 Å². The highest BCUT2D eigenvalue weighted by Gasteiger charge is 2.56. The monoisotopic (exact) mass is 610 g/mol. The number of carboxylic acid groups (broad SMARTS) is 1. The van der Waals surface area contributed by atoms with Gasteiger partial charge < -0.3 is 14.6 Å². The predicted molar refractivity (Wildman–Crippen MR) is 161 cm³/mol. The Balaban J connectivity index is 0.00000316. The Bertz CT molecular complexity index is 1270. The first-order valence-electron chi connectivity index (χ1n) is 14.9. The lowest BCUT2D eigenvalue weighted by molar-refractivity contribution is -0.284. The van der Waals surface area contributed by atoms with Gasteiger partial charge in [0.05, 0.1) is 20.1 Å². The summed E-state index contributed by atoms with van der Waals surface area (Å²) in [5.41, 5.74) is 3.47. The SMILES string of the molecule is CC.COc1ccc(-c2ccc3cc(OC)ccc3c2CCCCCCCC(CCCC(F)(F)C(F)(F)F)C(=O)O)cc1. The van der Waals surface area contributed by atoms with Crippen LogP contribution in [0.15, 0.2) is 54.6 Å². The third kappa shape index (κ3) is 10.4. The van der Waals surface area contributed by atoms with Crippen LogP contribution in [0.3, 0.4) is 0 Å². The lowest BCUT2D eigenvalue weighted by Gasteiger charge is -2.20. The van der Waals surface area contributed by atoms with E-state index in [1.807, 2.05) is 50.2 Å². The lowest BCUT2D eigenvalue weighted by Crippen LogP contribution is -2.36. The molecule has 0 aliphatic heterocycles. The molecule has 3 aromatic carbocycles. The van der Waals surface area contributed by atoms with Gasteiger partial charge in [0.1, 0.15) is 11.5 Å². The van der Waals surface area contributed by atoms with Gasteiger partial charge in [-0.3, -0.25) is 4.79 Å². The minimum Gasteiger partial charge on any atom is -0.497 e. The number of fused-ring (bicyclic) bond motifs is 1. The zero-order valence-electron chi connectivity index (χ0n) is 25.4. The zero-order chi connectivity index (χ0) is 32.0. The Morgan fingerprint density at radius 2 is 1.35 bits per heavy atom. The van der Waals surface area contributed by atoms with Gasteiger partial charge in [0, 0.05) is 6.42 Å². The van der Waals surface area contributed by atoms with Crippen LogP contribution >= 0.6 is 0 Å². The number of halogens is 5. The highest BCUT2D eigenvalue weighted by molar-refractivity contribution is 5.92. The molecule has 0 saturated heterocycles. The fraction of sp³-hybridized carbons (Fsp3) is 0.500. The molecule has 3 aromatic rings. The number of methoxy groups -OCH3 is 2. The Morgan fingerprint density at radius 1 is 0.767 bits per heavy atom. The summed E-state index contributed by atoms with van der Waals surface area (Å²) in [6.45, 7) is 4.00. The average Bonchev–Trinajstić information content (AvgIpc) is 2.99. The maximum atomic E-state index is 13.1. The first-order chi connectivity index (χ1) is 20.5. The van der Waals surface area contributed by atoms with E-state index in [4.69, 9.17) is 9.47 Å². The summed E-state index contributed by atoms with van der Waals surface area (Å²) in [6, 6.07) is 18.2. The lowest BCUT2D eigenvalue weighted by atomic mass is 9.90. The summed E-state index contributed by atoms with van der Waals surface area (Å²) < 4.78 is 74.0. The molecule has 9 heteroatoms. The third-order valence-corrected chi connectivity index (χ3v) is 7.53. The molecular formula is C34H43F5O4. The molecule has 0 heterocycles. The Hall–Kier alpha value is -3.36. The highest BCUT2D eigenvalue weighted by Crippen LogP contribution is 2.40. The van der Waals surface area contributed by atoms with Gasteiger partial charge in [-0.15, -0.1) is 0 Å². The normalized spacial score (nSPS) is 12.4. The first kappa shape index (κ1) is 35.8. The largest absolute Gasteiger partial charge is 0.497 e. The molecule has 238 valence electrons. The van der Waals surface area contributed by atoms with E-state index < -0.39 is 36.8 Å². The number of carboxylic acids is 1. The quantitative estimate of drug-likeness (QED) is 0.130. The molecule has 43 heavy (non-hydrogen) atoms. The van der Waals surface area contributed by atoms with E-state index in [1.54, 1.807) is 14.2 Å². The van der Waals surface area contributed by atoms with E-state index in [9.17, 15) is 31.9 Å². The number of hydrogen-bond donors (Lipinski definition) is 1. The number of ether oxygens (including phenoxy) is 2. The molecule has 0 aliphatic rings. The van der Waals surface area contributed by atoms with Crippen LogP contribution in [0.1, 0.15) is 77.2 Å². The van der Waals surface area contributed by atoms with Crippen LogP contribution < -0.4 is 9.47 Å². The smallest absolute Gasteiger partial charge is 0.453 e. The maximum absolute atomic E-state index is 13.1. The van der Waals surface area contributed by atoms with Gasteiger partial charge in [-0.2, -0.15) is 22.0 Å². The Kier molecular flexibility index (Phi) is 14.2. The molecule has 0 aliphatic carbocycles. The molecule has 1 N–H and O–H groups in total. The van der Waals surface area contributed by atoms with Crippen LogP contribution in [0.25, 0.3) is 21.9 Å². The molecule has 0 fully saturated rings. The molecule has 0 radical (unpaired) electrons. The van der Waals surface area contributed by atoms with E-state index in [0.29, 0.717) is 6.42 Å². The number of hydrogen-bond acceptors (Lipinski definition) is 3. The van der Waals surface area contributed by atoms with E-state index >= 15 is 0 Å². The van der Waals surface area contributed by atoms with Crippen molar-refractivity contribution in [1.29, 1.82) is 0 Å². The van der Waals surface area contributed by atoms with Crippen molar-refractivity contribution in [3.05, 3.63) is 60.2 Å². The van der Waals surface area contributed by atoms with Gasteiger partial charge >= 0.3 is 18.1 Å². The third-order valence-electron chi connectivity index (χ3n) is 7.53. The molecule has 1 unspecified atom stereocenters. The predicted octanol–water partition coefficient (Wildman–Crippen LogP) is 10.5. The van der Waals surface area contributed by atoms with Crippen LogP contribution in [0.5, 0.6) is 11.5 Å². The molecule has 0 aromatic heterocycles. The second-order valence-corrected chi connectivity index (χ2v) is 10.3. The molecule has 0 saturated carbocycles. The number of rotatable bonds is 16. The summed E-state index contributed by atoms with van der Waals surface area (Å²) in [4.78, 5) is 11.5. The van der Waals surface area contributed by atoms with Crippen molar-refractivity contribution in [2.75, 3.05) is 14.2 Å². The second kappa shape index (κ2) is 17.1. The molecule has 0 bridgehead atoms. The summed E-state index contributed by atoms with van der Waals surface area (Å²) in [5.74, 6) is -5.29. The van der Waals surface area contributed by atoms with E-state index in [1.165, 1.54) is 5.56 Å². The van der Waals surface area contributed by atoms with Crippen molar-refractivity contribution < 1.29 is 41.3 Å². The van der Waals surface area contributed by atoms with Crippen LogP contribution in [-0.4, -0.2) is 37.4 Å². The van der Waals surface area contributed by atoms with Crippen LogP contribution in [0, 0.1) is 5.92 Å². The molecule has 4 nitrogen and oxygen atoms in total. The summed E-state index contributed by atoms with van der Waals surface area (Å²) in [7, 11) is 3.27. The highest BCUT2D eigenvalue weighted by atomic mass is 19.4. The number of aliphatic carboxylic acids is 1. The van der Waals surface area contributed by atoms with Gasteiger partial charge in [0.15, 0.2) is 0 Å². The fourth-order valence-corrected chi connectivity index (χ4v) is 5.14. The van der Waals surface area contributed by atoms with Crippen molar-refractivity contribution in [3.63, 3.8) is 0 Å². The van der Waals surface area contributed by atoms with Crippen molar-refractivity contribution in [3.8, 4) is 22.6 Å². The zero-order valence-corrected chi connectivity index (χ0v) is 25.4. The van der Waals surface area contributed by atoms with Gasteiger partial charge in [-0.1, -0.05) is 69.9 Å². The number of aryl methyl sites for hydroxylation is 1. The van der Waals surface area contributed by atoms with Gasteiger partial charge in [-0.05, 0) is 83.8 Å².